The number of nitrogens with zero attached hydrogens (tertiary/aromatic N) is 4. The van der Waals surface area contributed by atoms with E-state index in [9.17, 15) is 14.9 Å². The van der Waals surface area contributed by atoms with Crippen LogP contribution in [0, 0.1) is 10.1 Å². The number of rotatable bonds is 7. The van der Waals surface area contributed by atoms with Crippen molar-refractivity contribution in [2.75, 3.05) is 20.6 Å². The predicted octanol–water partition coefficient (Wildman–Crippen LogP) is 2.81. The largest absolute Gasteiger partial charge is 0.349 e. The highest BCUT2D eigenvalue weighted by Gasteiger charge is 2.17. The minimum Gasteiger partial charge on any atom is -0.349 e. The number of nitrogens with one attached hydrogen (secondary N) is 1. The van der Waals surface area contributed by atoms with Crippen LogP contribution in [0.2, 0.25) is 0 Å². The van der Waals surface area contributed by atoms with E-state index in [2.05, 4.69) is 10.4 Å². The normalized spacial score (nSPS) is 12.0. The fraction of sp³-hybridized carbons (Fsp3) is 0.200. The van der Waals surface area contributed by atoms with E-state index < -0.39 is 4.92 Å². The second kappa shape index (κ2) is 8.45. The van der Waals surface area contributed by atoms with Crippen LogP contribution in [0.4, 0.5) is 5.69 Å². The highest BCUT2D eigenvalue weighted by molar-refractivity contribution is 5.92. The molecule has 0 saturated carbocycles. The first kappa shape index (κ1) is 19.2. The third kappa shape index (κ3) is 4.41. The van der Waals surface area contributed by atoms with E-state index in [1.807, 2.05) is 49.3 Å². The number of carbonyl (C=O) groups excluding carboxylic acids is 1. The molecule has 2 aromatic carbocycles. The Bertz CT molecular complexity index is 951. The van der Waals surface area contributed by atoms with Gasteiger partial charge in [0, 0.05) is 24.9 Å². The second-order valence-electron chi connectivity index (χ2n) is 6.52. The van der Waals surface area contributed by atoms with Gasteiger partial charge in [-0.2, -0.15) is 5.10 Å². The summed E-state index contributed by atoms with van der Waals surface area (Å²) in [4.78, 5) is 24.8. The van der Waals surface area contributed by atoms with E-state index in [1.165, 1.54) is 16.8 Å². The predicted molar refractivity (Wildman–Crippen MR) is 105 cm³/mol. The van der Waals surface area contributed by atoms with Crippen molar-refractivity contribution in [3.8, 4) is 5.69 Å². The third-order valence-electron chi connectivity index (χ3n) is 4.41. The van der Waals surface area contributed by atoms with Crippen LogP contribution in [0.15, 0.2) is 66.9 Å². The number of hydrogen-bond acceptors (Lipinski definition) is 5. The molecular formula is C20H21N5O3. The van der Waals surface area contributed by atoms with Crippen LogP contribution in [0.5, 0.6) is 0 Å². The van der Waals surface area contributed by atoms with Crippen molar-refractivity contribution < 1.29 is 9.72 Å². The quantitative estimate of drug-likeness (QED) is 0.503. The van der Waals surface area contributed by atoms with Crippen LogP contribution < -0.4 is 5.32 Å². The van der Waals surface area contributed by atoms with Gasteiger partial charge in [0.1, 0.15) is 0 Å². The van der Waals surface area contributed by atoms with Gasteiger partial charge in [-0.1, -0.05) is 30.3 Å². The number of nitro benzene ring substituents is 1. The van der Waals surface area contributed by atoms with Crippen molar-refractivity contribution >= 4 is 11.6 Å². The van der Waals surface area contributed by atoms with Gasteiger partial charge in [0.2, 0.25) is 0 Å². The zero-order chi connectivity index (χ0) is 20.1. The number of amides is 1. The molecule has 0 fully saturated rings. The molecule has 1 atom stereocenters. The maximum atomic E-state index is 12.5. The lowest BCUT2D eigenvalue weighted by Crippen LogP contribution is -2.34. The van der Waals surface area contributed by atoms with Gasteiger partial charge in [0.25, 0.3) is 11.6 Å². The first-order chi connectivity index (χ1) is 13.5. The molecule has 0 radical (unpaired) electrons. The maximum Gasteiger partial charge on any atom is 0.271 e. The van der Waals surface area contributed by atoms with Crippen LogP contribution in [-0.2, 0) is 0 Å². The molecule has 1 aromatic heterocycles. The van der Waals surface area contributed by atoms with Crippen molar-refractivity contribution in [1.29, 1.82) is 0 Å². The van der Waals surface area contributed by atoms with E-state index in [0.29, 0.717) is 12.2 Å². The number of nitro groups is 1. The maximum absolute atomic E-state index is 12.5. The van der Waals surface area contributed by atoms with Crippen LogP contribution in [0.25, 0.3) is 5.69 Å². The van der Waals surface area contributed by atoms with Crippen LogP contribution in [-0.4, -0.2) is 46.2 Å². The fourth-order valence-electron chi connectivity index (χ4n) is 2.87. The van der Waals surface area contributed by atoms with E-state index in [1.54, 1.807) is 24.4 Å². The summed E-state index contributed by atoms with van der Waals surface area (Å²) in [5.41, 5.74) is 2.04. The molecule has 8 heteroatoms. The summed E-state index contributed by atoms with van der Waals surface area (Å²) in [6.07, 6.45) is 1.65. The number of likely N-dealkylation sites (N-methyl/N-ethyl adjacent to an activating group) is 1. The van der Waals surface area contributed by atoms with Gasteiger partial charge < -0.3 is 10.2 Å². The molecule has 0 aliphatic heterocycles. The highest BCUT2D eigenvalue weighted by atomic mass is 16.6. The molecule has 3 aromatic rings. The number of hydrogen-bond donors (Lipinski definition) is 1. The Labute approximate surface area is 162 Å². The van der Waals surface area contributed by atoms with Gasteiger partial charge in [-0.15, -0.1) is 0 Å². The van der Waals surface area contributed by atoms with E-state index in [0.717, 1.165) is 5.56 Å². The molecule has 0 spiro atoms. The molecule has 0 saturated heterocycles. The summed E-state index contributed by atoms with van der Waals surface area (Å²) in [6, 6.07) is 17.6. The Kier molecular flexibility index (Phi) is 5.81. The van der Waals surface area contributed by atoms with Crippen molar-refractivity contribution in [1.82, 2.24) is 20.0 Å². The summed E-state index contributed by atoms with van der Waals surface area (Å²) >= 11 is 0. The minimum absolute atomic E-state index is 0.00418. The lowest BCUT2D eigenvalue weighted by atomic mass is 10.1. The molecule has 1 N–H and O–H groups in total. The number of non-ortho nitro benzene ring substituents is 1. The monoisotopic (exact) mass is 379 g/mol. The molecule has 0 bridgehead atoms. The van der Waals surface area contributed by atoms with E-state index in [4.69, 9.17) is 0 Å². The number of benzene rings is 2. The van der Waals surface area contributed by atoms with Crippen LogP contribution in [0.3, 0.4) is 0 Å². The Balaban J connectivity index is 1.67. The molecule has 3 rings (SSSR count). The Morgan fingerprint density at radius 2 is 1.82 bits per heavy atom. The molecular weight excluding hydrogens is 358 g/mol. The van der Waals surface area contributed by atoms with Gasteiger partial charge in [-0.05, 0) is 37.9 Å². The fourth-order valence-corrected chi connectivity index (χ4v) is 2.87. The van der Waals surface area contributed by atoms with Crippen molar-refractivity contribution in [2.45, 2.75) is 6.04 Å². The van der Waals surface area contributed by atoms with Crippen molar-refractivity contribution in [2.24, 2.45) is 0 Å². The summed E-state index contributed by atoms with van der Waals surface area (Å²) in [5, 5.41) is 17.9. The molecule has 1 amide bonds. The lowest BCUT2D eigenvalue weighted by Gasteiger charge is -2.24. The standard InChI is InChI=1S/C20H21N5O3/c1-23(2)19(15-6-4-3-5-7-15)14-21-20(26)18-12-13-24(22-18)16-8-10-17(11-9-16)25(27)28/h3-13,19H,14H2,1-2H3,(H,21,26). The molecule has 8 nitrogen and oxygen atoms in total. The lowest BCUT2D eigenvalue weighted by molar-refractivity contribution is -0.384. The first-order valence-electron chi connectivity index (χ1n) is 8.76. The van der Waals surface area contributed by atoms with Crippen LogP contribution >= 0.6 is 0 Å². The first-order valence-corrected chi connectivity index (χ1v) is 8.76. The van der Waals surface area contributed by atoms with Gasteiger partial charge in [-0.3, -0.25) is 14.9 Å². The van der Waals surface area contributed by atoms with E-state index >= 15 is 0 Å². The summed E-state index contributed by atoms with van der Waals surface area (Å²) in [7, 11) is 3.93. The third-order valence-corrected chi connectivity index (χ3v) is 4.41. The van der Waals surface area contributed by atoms with E-state index in [-0.39, 0.29) is 23.3 Å². The van der Waals surface area contributed by atoms with Gasteiger partial charge in [-0.25, -0.2) is 4.68 Å². The molecule has 1 unspecified atom stereocenters. The number of carbonyl (C=O) groups is 1. The smallest absolute Gasteiger partial charge is 0.271 e. The Morgan fingerprint density at radius 1 is 1.14 bits per heavy atom. The molecule has 1 heterocycles. The SMILES string of the molecule is CN(C)C(CNC(=O)c1ccn(-c2ccc([N+](=O)[O-])cc2)n1)c1ccccc1. The average molecular weight is 379 g/mol. The minimum atomic E-state index is -0.459. The topological polar surface area (TPSA) is 93.3 Å². The molecule has 28 heavy (non-hydrogen) atoms. The zero-order valence-electron chi connectivity index (χ0n) is 15.6. The second-order valence-corrected chi connectivity index (χ2v) is 6.52. The summed E-state index contributed by atoms with van der Waals surface area (Å²) < 4.78 is 1.51. The Morgan fingerprint density at radius 3 is 2.43 bits per heavy atom. The molecule has 0 aliphatic rings. The highest BCUT2D eigenvalue weighted by Crippen LogP contribution is 2.17. The van der Waals surface area contributed by atoms with Gasteiger partial charge >= 0.3 is 0 Å². The van der Waals surface area contributed by atoms with Gasteiger partial charge in [0.05, 0.1) is 16.7 Å². The summed E-state index contributed by atoms with van der Waals surface area (Å²) in [6.45, 7) is 0.445. The van der Waals surface area contributed by atoms with Crippen LogP contribution in [0.1, 0.15) is 22.1 Å². The van der Waals surface area contributed by atoms with Crippen molar-refractivity contribution in [3.05, 3.63) is 88.2 Å². The Hall–Kier alpha value is -3.52. The average Bonchev–Trinajstić information content (AvgIpc) is 3.19. The molecule has 0 aliphatic carbocycles. The van der Waals surface area contributed by atoms with Crippen molar-refractivity contribution in [3.63, 3.8) is 0 Å². The summed E-state index contributed by atoms with van der Waals surface area (Å²) in [5.74, 6) is -0.275. The molecule has 144 valence electrons. The zero-order valence-corrected chi connectivity index (χ0v) is 15.6. The number of aromatic nitrogens is 2. The van der Waals surface area contributed by atoms with Gasteiger partial charge in [0.15, 0.2) is 5.69 Å².